The van der Waals surface area contributed by atoms with Crippen molar-refractivity contribution in [3.63, 3.8) is 0 Å². The molecule has 152 valence electrons. The first-order chi connectivity index (χ1) is 13.8. The van der Waals surface area contributed by atoms with E-state index < -0.39 is 10.0 Å². The van der Waals surface area contributed by atoms with E-state index >= 15 is 0 Å². The maximum Gasteiger partial charge on any atom is 0.274 e. The smallest absolute Gasteiger partial charge is 0.274 e. The van der Waals surface area contributed by atoms with E-state index in [9.17, 15) is 17.6 Å². The topological polar surface area (TPSA) is 76.6 Å². The molecule has 1 fully saturated rings. The van der Waals surface area contributed by atoms with E-state index in [0.29, 0.717) is 46.9 Å². The van der Waals surface area contributed by atoms with Gasteiger partial charge in [-0.1, -0.05) is 23.5 Å². The summed E-state index contributed by atoms with van der Waals surface area (Å²) in [6.07, 6.45) is 0.890. The number of hydrogen-bond acceptors (Lipinski definition) is 6. The maximum atomic E-state index is 13.3. The van der Waals surface area contributed by atoms with Gasteiger partial charge >= 0.3 is 0 Å². The van der Waals surface area contributed by atoms with Gasteiger partial charge < -0.3 is 4.74 Å². The molecule has 3 aromatic rings. The van der Waals surface area contributed by atoms with Gasteiger partial charge in [0.1, 0.15) is 11.9 Å². The predicted molar refractivity (Wildman–Crippen MR) is 108 cm³/mol. The standard InChI is InChI=1S/C20H19FN2O4S2/c1-13(24)14-3-2-4-17(11-14)29(25,26)23-9-7-16(8-10-23)27-20-22-18-6-5-15(21)12-19(18)28-20/h2-6,11-12,16H,7-10H2,1H3. The van der Waals surface area contributed by atoms with Gasteiger partial charge in [0.25, 0.3) is 5.19 Å². The monoisotopic (exact) mass is 434 g/mol. The summed E-state index contributed by atoms with van der Waals surface area (Å²) in [4.78, 5) is 16.0. The Morgan fingerprint density at radius 2 is 1.97 bits per heavy atom. The number of aromatic nitrogens is 1. The third kappa shape index (κ3) is 4.17. The van der Waals surface area contributed by atoms with Gasteiger partial charge in [-0.05, 0) is 50.1 Å². The molecule has 4 rings (SSSR count). The fourth-order valence-electron chi connectivity index (χ4n) is 3.29. The molecule has 1 aromatic heterocycles. The summed E-state index contributed by atoms with van der Waals surface area (Å²) >= 11 is 1.28. The van der Waals surface area contributed by atoms with Crippen LogP contribution in [0.25, 0.3) is 10.2 Å². The van der Waals surface area contributed by atoms with Crippen molar-refractivity contribution in [2.75, 3.05) is 13.1 Å². The molecular weight excluding hydrogens is 415 g/mol. The number of halogens is 1. The number of ether oxygens (including phenoxy) is 1. The number of carbonyl (C=O) groups excluding carboxylic acids is 1. The molecule has 0 bridgehead atoms. The number of benzene rings is 2. The Labute approximate surface area is 172 Å². The number of hydrogen-bond donors (Lipinski definition) is 0. The minimum Gasteiger partial charge on any atom is -0.467 e. The highest BCUT2D eigenvalue weighted by Gasteiger charge is 2.30. The molecule has 1 aliphatic rings. The fraction of sp³-hybridized carbons (Fsp3) is 0.300. The van der Waals surface area contributed by atoms with Crippen LogP contribution in [0.2, 0.25) is 0 Å². The quantitative estimate of drug-likeness (QED) is 0.570. The molecule has 0 spiro atoms. The second kappa shape index (κ2) is 7.81. The lowest BCUT2D eigenvalue weighted by Gasteiger charge is -2.30. The van der Waals surface area contributed by atoms with Gasteiger partial charge in [0.2, 0.25) is 10.0 Å². The Morgan fingerprint density at radius 1 is 1.21 bits per heavy atom. The highest BCUT2D eigenvalue weighted by Crippen LogP contribution is 2.31. The highest BCUT2D eigenvalue weighted by atomic mass is 32.2. The number of piperidine rings is 1. The Kier molecular flexibility index (Phi) is 5.37. The number of sulfonamides is 1. The van der Waals surface area contributed by atoms with Crippen molar-refractivity contribution >= 4 is 37.4 Å². The summed E-state index contributed by atoms with van der Waals surface area (Å²) < 4.78 is 47.2. The zero-order chi connectivity index (χ0) is 20.6. The predicted octanol–water partition coefficient (Wildman–Crippen LogP) is 3.87. The maximum absolute atomic E-state index is 13.3. The molecule has 2 aromatic carbocycles. The molecule has 0 atom stereocenters. The molecule has 9 heteroatoms. The van der Waals surface area contributed by atoms with Crippen molar-refractivity contribution in [1.82, 2.24) is 9.29 Å². The van der Waals surface area contributed by atoms with Gasteiger partial charge in [-0.3, -0.25) is 4.79 Å². The van der Waals surface area contributed by atoms with Crippen molar-refractivity contribution in [1.29, 1.82) is 0 Å². The van der Waals surface area contributed by atoms with Crippen LogP contribution in [0.3, 0.4) is 0 Å². The van der Waals surface area contributed by atoms with Gasteiger partial charge in [0, 0.05) is 18.7 Å². The number of thiazole rings is 1. The van der Waals surface area contributed by atoms with Gasteiger partial charge in [-0.15, -0.1) is 0 Å². The van der Waals surface area contributed by atoms with Crippen LogP contribution in [-0.2, 0) is 10.0 Å². The summed E-state index contributed by atoms with van der Waals surface area (Å²) in [5.74, 6) is -0.495. The SMILES string of the molecule is CC(=O)c1cccc(S(=O)(=O)N2CCC(Oc3nc4ccc(F)cc4s3)CC2)c1. The first kappa shape index (κ1) is 19.9. The highest BCUT2D eigenvalue weighted by molar-refractivity contribution is 7.89. The molecule has 0 amide bonds. The van der Waals surface area contributed by atoms with E-state index in [1.807, 2.05) is 0 Å². The number of carbonyl (C=O) groups is 1. The molecule has 29 heavy (non-hydrogen) atoms. The average molecular weight is 435 g/mol. The second-order valence-corrected chi connectivity index (χ2v) is 9.83. The number of ketones is 1. The molecule has 2 heterocycles. The Hall–Kier alpha value is -2.36. The summed E-state index contributed by atoms with van der Waals surface area (Å²) in [6, 6.07) is 10.5. The molecule has 0 aliphatic carbocycles. The lowest BCUT2D eigenvalue weighted by Crippen LogP contribution is -2.41. The fourth-order valence-corrected chi connectivity index (χ4v) is 5.71. The number of nitrogens with zero attached hydrogens (tertiary/aromatic N) is 2. The summed E-state index contributed by atoms with van der Waals surface area (Å²) in [5.41, 5.74) is 1.05. The normalized spacial score (nSPS) is 16.2. The average Bonchev–Trinajstić information content (AvgIpc) is 3.09. The number of fused-ring (bicyclic) bond motifs is 1. The van der Waals surface area contributed by atoms with Crippen molar-refractivity contribution < 1.29 is 22.3 Å². The van der Waals surface area contributed by atoms with E-state index in [1.165, 1.54) is 46.8 Å². The van der Waals surface area contributed by atoms with E-state index in [2.05, 4.69) is 4.98 Å². The van der Waals surface area contributed by atoms with Crippen LogP contribution in [0.15, 0.2) is 47.4 Å². The van der Waals surface area contributed by atoms with Gasteiger partial charge in [0.05, 0.1) is 15.1 Å². The lowest BCUT2D eigenvalue weighted by molar-refractivity contribution is 0.101. The first-order valence-electron chi connectivity index (χ1n) is 9.17. The van der Waals surface area contributed by atoms with E-state index in [1.54, 1.807) is 18.2 Å². The van der Waals surface area contributed by atoms with Crippen molar-refractivity contribution in [2.24, 2.45) is 0 Å². The minimum absolute atomic E-state index is 0.123. The van der Waals surface area contributed by atoms with Crippen molar-refractivity contribution in [3.05, 3.63) is 53.8 Å². The largest absolute Gasteiger partial charge is 0.467 e. The van der Waals surface area contributed by atoms with Crippen molar-refractivity contribution in [3.8, 4) is 5.19 Å². The minimum atomic E-state index is -3.67. The molecular formula is C20H19FN2O4S2. The Balaban J connectivity index is 1.43. The van der Waals surface area contributed by atoms with Crippen LogP contribution in [-0.4, -0.2) is 42.7 Å². The molecule has 0 unspecified atom stereocenters. The van der Waals surface area contributed by atoms with Crippen LogP contribution in [0.4, 0.5) is 4.39 Å². The Bertz CT molecular complexity index is 1170. The van der Waals surface area contributed by atoms with Crippen LogP contribution in [0, 0.1) is 5.82 Å². The zero-order valence-electron chi connectivity index (χ0n) is 15.7. The summed E-state index contributed by atoms with van der Waals surface area (Å²) in [5, 5.41) is 0.459. The van der Waals surface area contributed by atoms with Gasteiger partial charge in [0.15, 0.2) is 5.78 Å². The van der Waals surface area contributed by atoms with E-state index in [-0.39, 0.29) is 22.6 Å². The molecule has 6 nitrogen and oxygen atoms in total. The third-order valence-electron chi connectivity index (χ3n) is 4.88. The first-order valence-corrected chi connectivity index (χ1v) is 11.4. The lowest BCUT2D eigenvalue weighted by atomic mass is 10.1. The molecule has 0 N–H and O–H groups in total. The van der Waals surface area contributed by atoms with Gasteiger partial charge in [-0.25, -0.2) is 17.8 Å². The summed E-state index contributed by atoms with van der Waals surface area (Å²) in [6.45, 7) is 2.04. The molecule has 0 saturated carbocycles. The third-order valence-corrected chi connectivity index (χ3v) is 7.68. The zero-order valence-corrected chi connectivity index (χ0v) is 17.3. The number of rotatable bonds is 5. The summed E-state index contributed by atoms with van der Waals surface area (Å²) in [7, 11) is -3.67. The molecule has 1 aliphatic heterocycles. The van der Waals surface area contributed by atoms with E-state index in [0.717, 1.165) is 0 Å². The molecule has 1 saturated heterocycles. The van der Waals surface area contributed by atoms with Crippen LogP contribution in [0.5, 0.6) is 5.19 Å². The van der Waals surface area contributed by atoms with Crippen LogP contribution in [0.1, 0.15) is 30.1 Å². The van der Waals surface area contributed by atoms with E-state index in [4.69, 9.17) is 4.74 Å². The number of Topliss-reactive ketones (excluding diaryl/α,β-unsaturated/α-hetero) is 1. The second-order valence-electron chi connectivity index (χ2n) is 6.90. The Morgan fingerprint density at radius 3 is 2.69 bits per heavy atom. The van der Waals surface area contributed by atoms with Crippen LogP contribution >= 0.6 is 11.3 Å². The van der Waals surface area contributed by atoms with Crippen LogP contribution < -0.4 is 4.74 Å². The molecule has 0 radical (unpaired) electrons. The van der Waals surface area contributed by atoms with Crippen molar-refractivity contribution in [2.45, 2.75) is 30.8 Å². The van der Waals surface area contributed by atoms with Gasteiger partial charge in [-0.2, -0.15) is 4.31 Å².